The molecule has 8 rings (SSSR count). The van der Waals surface area contributed by atoms with Gasteiger partial charge in [-0.1, -0.05) is 65.7 Å². The van der Waals surface area contributed by atoms with E-state index in [2.05, 4.69) is 89.7 Å². The van der Waals surface area contributed by atoms with Crippen LogP contribution in [-0.2, 0) is 6.18 Å². The van der Waals surface area contributed by atoms with E-state index in [1.54, 1.807) is 13.0 Å². The molecule has 0 aliphatic carbocycles. The smallest absolute Gasteiger partial charge is 0.308 e. The number of fused-ring (bicyclic) bond motifs is 6. The van der Waals surface area contributed by atoms with E-state index in [1.165, 1.54) is 6.07 Å². The van der Waals surface area contributed by atoms with Gasteiger partial charge in [-0.25, -0.2) is 0 Å². The van der Waals surface area contributed by atoms with Gasteiger partial charge in [0.15, 0.2) is 0 Å². The van der Waals surface area contributed by atoms with Gasteiger partial charge in [0.05, 0.1) is 50.6 Å². The van der Waals surface area contributed by atoms with E-state index in [0.29, 0.717) is 16.7 Å². The minimum atomic E-state index is -4.48. The van der Waals surface area contributed by atoms with Crippen LogP contribution in [0.5, 0.6) is 0 Å². The van der Waals surface area contributed by atoms with Crippen molar-refractivity contribution in [1.29, 1.82) is 5.26 Å². The number of aryl methyl sites for hydroxylation is 3. The molecule has 0 spiro atoms. The zero-order chi connectivity index (χ0) is 32.6. The molecule has 0 N–H and O–H groups in total. The van der Waals surface area contributed by atoms with Gasteiger partial charge in [-0.15, -0.1) is 0 Å². The molecule has 0 radical (unpaired) electrons. The Morgan fingerprint density at radius 3 is 1.51 bits per heavy atom. The van der Waals surface area contributed by atoms with Crippen molar-refractivity contribution in [3.8, 4) is 28.6 Å². The SMILES string of the molecule is Cc1ccc2c(c1)c1ccccc1n2-c1cc(C#N)cc(-n2c3ccccc3c3cc(C)ccc32)c1-c1ccc(C(F)(F)F)cc1C. The highest BCUT2D eigenvalue weighted by Crippen LogP contribution is 2.44. The van der Waals surface area contributed by atoms with Crippen molar-refractivity contribution in [2.24, 2.45) is 0 Å². The molecule has 6 heteroatoms. The van der Waals surface area contributed by atoms with Gasteiger partial charge in [0.25, 0.3) is 0 Å². The number of hydrogen-bond donors (Lipinski definition) is 0. The third kappa shape index (κ3) is 4.42. The first-order valence-electron chi connectivity index (χ1n) is 15.4. The van der Waals surface area contributed by atoms with Crippen LogP contribution in [0.3, 0.4) is 0 Å². The summed E-state index contributed by atoms with van der Waals surface area (Å²) in [5, 5.41) is 14.7. The van der Waals surface area contributed by atoms with Crippen LogP contribution in [0.4, 0.5) is 13.2 Å². The lowest BCUT2D eigenvalue weighted by atomic mass is 9.93. The van der Waals surface area contributed by atoms with Crippen LogP contribution in [0.1, 0.15) is 27.8 Å². The summed E-state index contributed by atoms with van der Waals surface area (Å²) in [5.74, 6) is 0. The minimum absolute atomic E-state index is 0.444. The number of para-hydroxylation sites is 2. The second-order valence-electron chi connectivity index (χ2n) is 12.3. The number of halogens is 3. The highest BCUT2D eigenvalue weighted by Gasteiger charge is 2.31. The number of aromatic nitrogens is 2. The van der Waals surface area contributed by atoms with Crippen molar-refractivity contribution in [2.45, 2.75) is 26.9 Å². The number of nitrogens with zero attached hydrogens (tertiary/aromatic N) is 3. The van der Waals surface area contributed by atoms with Gasteiger partial charge in [0.1, 0.15) is 0 Å². The molecular weight excluding hydrogens is 591 g/mol. The Bertz CT molecular complexity index is 2470. The number of hydrogen-bond acceptors (Lipinski definition) is 1. The van der Waals surface area contributed by atoms with E-state index < -0.39 is 11.7 Å². The Balaban J connectivity index is 1.60. The highest BCUT2D eigenvalue weighted by molar-refractivity contribution is 6.12. The maximum Gasteiger partial charge on any atom is 0.416 e. The molecule has 0 saturated heterocycles. The molecule has 0 amide bonds. The lowest BCUT2D eigenvalue weighted by Gasteiger charge is -2.22. The quantitative estimate of drug-likeness (QED) is 0.194. The Labute approximate surface area is 269 Å². The number of nitriles is 1. The average molecular weight is 620 g/mol. The van der Waals surface area contributed by atoms with Gasteiger partial charge in [0, 0.05) is 27.1 Å². The van der Waals surface area contributed by atoms with Gasteiger partial charge in [-0.05, 0) is 92.6 Å². The van der Waals surface area contributed by atoms with Crippen molar-refractivity contribution in [3.05, 3.63) is 143 Å². The molecule has 0 saturated carbocycles. The summed E-state index contributed by atoms with van der Waals surface area (Å²) in [7, 11) is 0. The molecule has 0 bridgehead atoms. The molecule has 6 aromatic carbocycles. The molecule has 0 fully saturated rings. The summed E-state index contributed by atoms with van der Waals surface area (Å²) < 4.78 is 46.1. The zero-order valence-corrected chi connectivity index (χ0v) is 25.9. The molecule has 47 heavy (non-hydrogen) atoms. The van der Waals surface area contributed by atoms with Crippen molar-refractivity contribution in [2.75, 3.05) is 0 Å². The second kappa shape index (κ2) is 10.4. The van der Waals surface area contributed by atoms with Crippen molar-refractivity contribution in [3.63, 3.8) is 0 Å². The number of benzene rings is 6. The van der Waals surface area contributed by atoms with Crippen LogP contribution >= 0.6 is 0 Å². The Kier molecular flexibility index (Phi) is 6.32. The van der Waals surface area contributed by atoms with E-state index in [1.807, 2.05) is 36.4 Å². The summed E-state index contributed by atoms with van der Waals surface area (Å²) in [4.78, 5) is 0. The molecular formula is C41H28F3N3. The largest absolute Gasteiger partial charge is 0.416 e. The Morgan fingerprint density at radius 2 is 1.04 bits per heavy atom. The number of rotatable bonds is 3. The predicted octanol–water partition coefficient (Wildman–Crippen LogP) is 11.4. The Morgan fingerprint density at radius 1 is 0.553 bits per heavy atom. The molecule has 8 aromatic rings. The molecule has 3 nitrogen and oxygen atoms in total. The van der Waals surface area contributed by atoms with Crippen LogP contribution in [0.15, 0.2) is 115 Å². The third-order valence-corrected chi connectivity index (χ3v) is 9.19. The van der Waals surface area contributed by atoms with Crippen LogP contribution in [0, 0.1) is 32.1 Å². The van der Waals surface area contributed by atoms with Gasteiger partial charge in [-0.3, -0.25) is 0 Å². The van der Waals surface area contributed by atoms with E-state index in [4.69, 9.17) is 0 Å². The molecule has 2 aromatic heterocycles. The van der Waals surface area contributed by atoms with Crippen LogP contribution in [0.2, 0.25) is 0 Å². The summed E-state index contributed by atoms with van der Waals surface area (Å²) >= 11 is 0. The zero-order valence-electron chi connectivity index (χ0n) is 25.9. The molecule has 228 valence electrons. The topological polar surface area (TPSA) is 33.6 Å². The second-order valence-corrected chi connectivity index (χ2v) is 12.3. The lowest BCUT2D eigenvalue weighted by molar-refractivity contribution is -0.137. The summed E-state index contributed by atoms with van der Waals surface area (Å²) in [6.45, 7) is 5.84. The first-order chi connectivity index (χ1) is 22.6. The van der Waals surface area contributed by atoms with Crippen molar-refractivity contribution < 1.29 is 13.2 Å². The van der Waals surface area contributed by atoms with Crippen LogP contribution in [0.25, 0.3) is 66.1 Å². The fourth-order valence-electron chi connectivity index (χ4n) is 7.12. The van der Waals surface area contributed by atoms with Crippen molar-refractivity contribution >= 4 is 43.6 Å². The van der Waals surface area contributed by atoms with Crippen LogP contribution in [-0.4, -0.2) is 9.13 Å². The molecule has 0 aliphatic rings. The monoisotopic (exact) mass is 619 g/mol. The van der Waals surface area contributed by atoms with Gasteiger partial charge in [-0.2, -0.15) is 18.4 Å². The van der Waals surface area contributed by atoms with E-state index in [9.17, 15) is 18.4 Å². The third-order valence-electron chi connectivity index (χ3n) is 9.19. The summed E-state index contributed by atoms with van der Waals surface area (Å²) in [6, 6.07) is 38.9. The fourth-order valence-corrected chi connectivity index (χ4v) is 7.12. The summed E-state index contributed by atoms with van der Waals surface area (Å²) in [5.41, 5.74) is 9.07. The first-order valence-corrected chi connectivity index (χ1v) is 15.4. The van der Waals surface area contributed by atoms with E-state index in [-0.39, 0.29) is 0 Å². The van der Waals surface area contributed by atoms with Crippen LogP contribution < -0.4 is 0 Å². The normalized spacial score (nSPS) is 12.0. The average Bonchev–Trinajstić information content (AvgIpc) is 3.56. The first kappa shape index (κ1) is 28.7. The standard InChI is InChI=1S/C41H28F3N3/c1-24-12-16-36-32(18-24)30-8-4-6-10-34(30)46(36)38-21-27(23-45)22-39(40(38)29-15-14-28(20-26(29)3)41(42,43)44)47-35-11-7-5-9-31(35)33-19-25(2)13-17-37(33)47/h4-22H,1-3H3. The number of alkyl halides is 3. The predicted molar refractivity (Wildman–Crippen MR) is 184 cm³/mol. The molecule has 0 unspecified atom stereocenters. The molecule has 0 aliphatic heterocycles. The van der Waals surface area contributed by atoms with Crippen molar-refractivity contribution in [1.82, 2.24) is 9.13 Å². The maximum absolute atomic E-state index is 13.9. The Hall–Kier alpha value is -5.80. The van der Waals surface area contributed by atoms with Gasteiger partial charge < -0.3 is 9.13 Å². The lowest BCUT2D eigenvalue weighted by Crippen LogP contribution is -2.08. The fraction of sp³-hybridized carbons (Fsp3) is 0.0976. The van der Waals surface area contributed by atoms with E-state index >= 15 is 0 Å². The van der Waals surface area contributed by atoms with E-state index in [0.717, 1.165) is 77.7 Å². The molecule has 0 atom stereocenters. The minimum Gasteiger partial charge on any atom is -0.308 e. The van der Waals surface area contributed by atoms with Gasteiger partial charge in [0.2, 0.25) is 0 Å². The molecule has 2 heterocycles. The van der Waals surface area contributed by atoms with Gasteiger partial charge >= 0.3 is 6.18 Å². The summed E-state index contributed by atoms with van der Waals surface area (Å²) in [6.07, 6.45) is -4.48. The highest BCUT2D eigenvalue weighted by atomic mass is 19.4. The maximum atomic E-state index is 13.9.